The van der Waals surface area contributed by atoms with Gasteiger partial charge in [0, 0.05) is 16.8 Å². The molecule has 1 aromatic carbocycles. The molecule has 0 spiro atoms. The quantitative estimate of drug-likeness (QED) is 0.646. The lowest BCUT2D eigenvalue weighted by atomic mass is 10.2. The Morgan fingerprint density at radius 1 is 1.42 bits per heavy atom. The predicted octanol–water partition coefficient (Wildman–Crippen LogP) is 2.32. The van der Waals surface area contributed by atoms with E-state index in [1.54, 1.807) is 25.1 Å². The zero-order valence-corrected chi connectivity index (χ0v) is 14.3. The number of hydrogen-bond donors (Lipinski definition) is 1. The number of anilines is 2. The Bertz CT molecular complexity index is 918. The topological polar surface area (TPSA) is 115 Å². The highest BCUT2D eigenvalue weighted by molar-refractivity contribution is 6.31. The van der Waals surface area contributed by atoms with E-state index in [-0.39, 0.29) is 24.7 Å². The number of carbonyl (C=O) groups excluding carboxylic acids is 2. The third-order valence-electron chi connectivity index (χ3n) is 3.69. The maximum atomic E-state index is 12.4. The number of amides is 2. The lowest BCUT2D eigenvalue weighted by Gasteiger charge is -2.24. The number of aryl methyl sites for hydroxylation is 1. The molecular weight excluding hydrogens is 364 g/mol. The summed E-state index contributed by atoms with van der Waals surface area (Å²) < 4.78 is 5.21. The van der Waals surface area contributed by atoms with Gasteiger partial charge in [-0.3, -0.25) is 14.5 Å². The van der Waals surface area contributed by atoms with Gasteiger partial charge in [0.1, 0.15) is 6.54 Å². The first kappa shape index (κ1) is 17.6. The van der Waals surface area contributed by atoms with Crippen LogP contribution in [0.25, 0.3) is 0 Å². The summed E-state index contributed by atoms with van der Waals surface area (Å²) in [5.74, 6) is -1.33. The molecule has 134 valence electrons. The molecule has 0 fully saturated rings. The zero-order chi connectivity index (χ0) is 18.8. The van der Waals surface area contributed by atoms with Gasteiger partial charge in [0.05, 0.1) is 0 Å². The second kappa shape index (κ2) is 6.96. The van der Waals surface area contributed by atoms with Crippen molar-refractivity contribution in [2.24, 2.45) is 0 Å². The first-order valence-corrected chi connectivity index (χ1v) is 7.87. The Morgan fingerprint density at radius 3 is 2.92 bits per heavy atom. The van der Waals surface area contributed by atoms with E-state index < -0.39 is 22.6 Å². The van der Waals surface area contributed by atoms with Crippen LogP contribution in [0, 0.1) is 17.0 Å². The van der Waals surface area contributed by atoms with Crippen LogP contribution in [0.5, 0.6) is 5.75 Å². The van der Waals surface area contributed by atoms with Gasteiger partial charge >= 0.3 is 5.82 Å². The number of hydrogen-bond acceptors (Lipinski definition) is 6. The van der Waals surface area contributed by atoms with Crippen LogP contribution in [0.4, 0.5) is 17.3 Å². The van der Waals surface area contributed by atoms with Crippen LogP contribution >= 0.6 is 11.6 Å². The van der Waals surface area contributed by atoms with E-state index in [4.69, 9.17) is 16.3 Å². The van der Waals surface area contributed by atoms with Gasteiger partial charge in [-0.05, 0) is 40.6 Å². The van der Waals surface area contributed by atoms with E-state index in [9.17, 15) is 19.7 Å². The van der Waals surface area contributed by atoms with E-state index >= 15 is 0 Å². The molecule has 0 unspecified atom stereocenters. The van der Waals surface area contributed by atoms with Crippen LogP contribution in [0.1, 0.15) is 5.56 Å². The highest BCUT2D eigenvalue weighted by atomic mass is 35.5. The summed E-state index contributed by atoms with van der Waals surface area (Å²) in [4.78, 5) is 39.6. The van der Waals surface area contributed by atoms with E-state index in [1.807, 2.05) is 0 Å². The number of fused-ring (bicyclic) bond motifs is 1. The van der Waals surface area contributed by atoms with Crippen molar-refractivity contribution in [3.63, 3.8) is 0 Å². The van der Waals surface area contributed by atoms with Crippen LogP contribution in [0.3, 0.4) is 0 Å². The van der Waals surface area contributed by atoms with Gasteiger partial charge in [0.15, 0.2) is 12.4 Å². The number of nitrogens with zero attached hydrogens (tertiary/aromatic N) is 3. The van der Waals surface area contributed by atoms with Crippen LogP contribution < -0.4 is 15.0 Å². The van der Waals surface area contributed by atoms with Crippen LogP contribution in [0.15, 0.2) is 30.3 Å². The normalized spacial score (nSPS) is 13.0. The molecule has 0 aliphatic carbocycles. The molecule has 2 amide bonds. The predicted molar refractivity (Wildman–Crippen MR) is 93.6 cm³/mol. The summed E-state index contributed by atoms with van der Waals surface area (Å²) in [6, 6.07) is 7.55. The van der Waals surface area contributed by atoms with Gasteiger partial charge in [0.25, 0.3) is 11.7 Å². The molecule has 1 aliphatic heterocycles. The number of carbonyl (C=O) groups is 2. The first-order valence-electron chi connectivity index (χ1n) is 7.50. The van der Waals surface area contributed by atoms with Gasteiger partial charge in [-0.25, -0.2) is 0 Å². The molecule has 2 heterocycles. The number of nitro groups is 1. The monoisotopic (exact) mass is 376 g/mol. The molecule has 0 radical (unpaired) electrons. The Balaban J connectivity index is 1.84. The highest BCUT2D eigenvalue weighted by Gasteiger charge is 2.33. The van der Waals surface area contributed by atoms with Gasteiger partial charge in [-0.1, -0.05) is 17.7 Å². The largest absolute Gasteiger partial charge is 0.477 e. The maximum absolute atomic E-state index is 12.4. The minimum absolute atomic E-state index is 0.0617. The Hall–Kier alpha value is -3.20. The SMILES string of the molecule is Cc1ccc(Cl)cc1NC(=O)CN1C(=O)COc2ccc([N+](=O)[O-])nc21. The fraction of sp³-hybridized carbons (Fsp3) is 0.188. The second-order valence-corrected chi connectivity index (χ2v) is 5.96. The van der Waals surface area contributed by atoms with E-state index in [0.29, 0.717) is 10.7 Å². The third-order valence-corrected chi connectivity index (χ3v) is 3.93. The number of halogens is 1. The number of benzene rings is 1. The average Bonchev–Trinajstić information content (AvgIpc) is 2.60. The summed E-state index contributed by atoms with van der Waals surface area (Å²) in [5.41, 5.74) is 1.31. The molecule has 1 aliphatic rings. The standard InChI is InChI=1S/C16H13ClN4O5/c1-9-2-3-10(17)6-11(9)18-14(22)7-20-15(23)8-26-12-4-5-13(21(24)25)19-16(12)20/h2-6H,7-8H2,1H3,(H,18,22). The van der Waals surface area contributed by atoms with Crippen molar-refractivity contribution in [2.45, 2.75) is 6.92 Å². The molecule has 2 aromatic rings. The fourth-order valence-electron chi connectivity index (χ4n) is 2.39. The molecular formula is C16H13ClN4O5. The molecule has 1 aromatic heterocycles. The first-order chi connectivity index (χ1) is 12.3. The molecule has 1 N–H and O–H groups in total. The number of pyridine rings is 1. The number of nitrogens with one attached hydrogen (secondary N) is 1. The smallest absolute Gasteiger partial charge is 0.366 e. The molecule has 0 atom stereocenters. The molecule has 3 rings (SSSR count). The number of rotatable bonds is 4. The molecule has 0 saturated carbocycles. The minimum atomic E-state index is -0.688. The zero-order valence-electron chi connectivity index (χ0n) is 13.6. The third kappa shape index (κ3) is 3.57. The molecule has 0 bridgehead atoms. The maximum Gasteiger partial charge on any atom is 0.366 e. The molecule has 9 nitrogen and oxygen atoms in total. The lowest BCUT2D eigenvalue weighted by molar-refractivity contribution is -0.389. The molecule has 26 heavy (non-hydrogen) atoms. The number of ether oxygens (including phenoxy) is 1. The molecule has 0 saturated heterocycles. The van der Waals surface area contributed by atoms with Crippen LogP contribution in [-0.4, -0.2) is 34.9 Å². The summed E-state index contributed by atoms with van der Waals surface area (Å²) in [6.07, 6.45) is 0. The summed E-state index contributed by atoms with van der Waals surface area (Å²) in [6.45, 7) is 1.15. The van der Waals surface area contributed by atoms with E-state index in [0.717, 1.165) is 10.5 Å². The number of aromatic nitrogens is 1. The van der Waals surface area contributed by atoms with Gasteiger partial charge in [-0.15, -0.1) is 0 Å². The minimum Gasteiger partial charge on any atom is -0.477 e. The lowest BCUT2D eigenvalue weighted by Crippen LogP contribution is -2.44. The van der Waals surface area contributed by atoms with Crippen molar-refractivity contribution < 1.29 is 19.2 Å². The van der Waals surface area contributed by atoms with Crippen molar-refractivity contribution in [1.29, 1.82) is 0 Å². The molecule has 10 heteroatoms. The van der Waals surface area contributed by atoms with Crippen molar-refractivity contribution in [1.82, 2.24) is 4.98 Å². The Kier molecular flexibility index (Phi) is 4.72. The van der Waals surface area contributed by atoms with Crippen LogP contribution in [-0.2, 0) is 9.59 Å². The van der Waals surface area contributed by atoms with Crippen molar-refractivity contribution in [3.05, 3.63) is 51.0 Å². The van der Waals surface area contributed by atoms with E-state index in [1.165, 1.54) is 12.1 Å². The summed E-state index contributed by atoms with van der Waals surface area (Å²) >= 11 is 5.92. The Morgan fingerprint density at radius 2 is 2.19 bits per heavy atom. The summed E-state index contributed by atoms with van der Waals surface area (Å²) in [7, 11) is 0. The van der Waals surface area contributed by atoms with Gasteiger partial charge in [0.2, 0.25) is 5.91 Å². The average molecular weight is 377 g/mol. The fourth-order valence-corrected chi connectivity index (χ4v) is 2.57. The van der Waals surface area contributed by atoms with Crippen molar-refractivity contribution in [3.8, 4) is 5.75 Å². The van der Waals surface area contributed by atoms with E-state index in [2.05, 4.69) is 10.3 Å². The summed E-state index contributed by atoms with van der Waals surface area (Å²) in [5, 5.41) is 14.0. The van der Waals surface area contributed by atoms with Crippen molar-refractivity contribution >= 4 is 40.7 Å². The Labute approximate surface area is 152 Å². The second-order valence-electron chi connectivity index (χ2n) is 5.52. The van der Waals surface area contributed by atoms with Gasteiger partial charge < -0.3 is 20.2 Å². The van der Waals surface area contributed by atoms with Crippen molar-refractivity contribution in [2.75, 3.05) is 23.4 Å². The highest BCUT2D eigenvalue weighted by Crippen LogP contribution is 2.32. The van der Waals surface area contributed by atoms with Crippen LogP contribution in [0.2, 0.25) is 5.02 Å². The van der Waals surface area contributed by atoms with Gasteiger partial charge in [-0.2, -0.15) is 0 Å².